The van der Waals surface area contributed by atoms with Gasteiger partial charge in [-0.15, -0.1) is 0 Å². The van der Waals surface area contributed by atoms with Gasteiger partial charge in [-0.2, -0.15) is 0 Å². The molecule has 2 saturated heterocycles. The Morgan fingerprint density at radius 2 is 1.80 bits per heavy atom. The molecule has 2 rings (SSSR count). The zero-order valence-electron chi connectivity index (χ0n) is 13.7. The Kier molecular flexibility index (Phi) is 7.32. The topological polar surface area (TPSA) is 18.5 Å². The van der Waals surface area contributed by atoms with E-state index < -0.39 is 0 Å². The van der Waals surface area contributed by atoms with Gasteiger partial charge in [0.05, 0.1) is 0 Å². The molecule has 2 aliphatic heterocycles. The average molecular weight is 281 g/mol. The van der Waals surface area contributed by atoms with Crippen LogP contribution < -0.4 is 5.32 Å². The molecule has 0 aromatic rings. The summed E-state index contributed by atoms with van der Waals surface area (Å²) in [6, 6.07) is 0.708. The molecule has 118 valence electrons. The fourth-order valence-electron chi connectivity index (χ4n) is 3.65. The van der Waals surface area contributed by atoms with Gasteiger partial charge < -0.3 is 10.2 Å². The summed E-state index contributed by atoms with van der Waals surface area (Å²) in [7, 11) is 0. The maximum Gasteiger partial charge on any atom is 0.0192 e. The van der Waals surface area contributed by atoms with E-state index in [1.54, 1.807) is 0 Å². The van der Waals surface area contributed by atoms with Gasteiger partial charge in [0.15, 0.2) is 0 Å². The second-order valence-electron chi connectivity index (χ2n) is 6.89. The third-order valence-electron chi connectivity index (χ3n) is 5.13. The summed E-state index contributed by atoms with van der Waals surface area (Å²) in [4.78, 5) is 5.38. The summed E-state index contributed by atoms with van der Waals surface area (Å²) in [6.07, 6.45) is 8.29. The molecule has 0 aliphatic carbocycles. The Bertz CT molecular complexity index is 243. The van der Waals surface area contributed by atoms with E-state index in [1.165, 1.54) is 77.8 Å². The molecule has 20 heavy (non-hydrogen) atoms. The summed E-state index contributed by atoms with van der Waals surface area (Å²) in [5.41, 5.74) is 0. The Morgan fingerprint density at radius 1 is 1.10 bits per heavy atom. The molecule has 2 heterocycles. The van der Waals surface area contributed by atoms with Gasteiger partial charge in [0.2, 0.25) is 0 Å². The lowest BCUT2D eigenvalue weighted by Crippen LogP contribution is -2.46. The Morgan fingerprint density at radius 3 is 2.45 bits per heavy atom. The van der Waals surface area contributed by atoms with E-state index in [0.29, 0.717) is 6.04 Å². The molecular formula is C17H35N3. The highest BCUT2D eigenvalue weighted by Crippen LogP contribution is 2.21. The summed E-state index contributed by atoms with van der Waals surface area (Å²) in [6.45, 7) is 13.7. The number of nitrogens with zero attached hydrogens (tertiary/aromatic N) is 2. The highest BCUT2D eigenvalue weighted by Gasteiger charge is 2.24. The zero-order valence-corrected chi connectivity index (χ0v) is 13.7. The maximum atomic E-state index is 3.60. The number of hydrogen-bond donors (Lipinski definition) is 1. The summed E-state index contributed by atoms with van der Waals surface area (Å²) >= 11 is 0. The third-order valence-corrected chi connectivity index (χ3v) is 5.13. The number of unbranched alkanes of at least 4 members (excludes halogenated alkanes) is 1. The molecule has 0 amide bonds. The summed E-state index contributed by atoms with van der Waals surface area (Å²) in [5.74, 6) is 0.963. The predicted octanol–water partition coefficient (Wildman–Crippen LogP) is 2.57. The van der Waals surface area contributed by atoms with Gasteiger partial charge in [-0.3, -0.25) is 4.90 Å². The highest BCUT2D eigenvalue weighted by molar-refractivity contribution is 4.80. The van der Waals surface area contributed by atoms with Crippen LogP contribution in [-0.2, 0) is 0 Å². The lowest BCUT2D eigenvalue weighted by Gasteiger charge is -2.37. The lowest BCUT2D eigenvalue weighted by atomic mass is 9.95. The fourth-order valence-corrected chi connectivity index (χ4v) is 3.65. The van der Waals surface area contributed by atoms with E-state index in [2.05, 4.69) is 29.0 Å². The smallest absolute Gasteiger partial charge is 0.0192 e. The van der Waals surface area contributed by atoms with E-state index >= 15 is 0 Å². The SMILES string of the molecule is CCCCNCC(C)N1CCC(CN2CCCC2)CC1. The molecule has 0 bridgehead atoms. The minimum Gasteiger partial charge on any atom is -0.315 e. The second kappa shape index (κ2) is 9.01. The molecule has 3 heteroatoms. The zero-order chi connectivity index (χ0) is 14.2. The van der Waals surface area contributed by atoms with Crippen molar-refractivity contribution in [3.05, 3.63) is 0 Å². The maximum absolute atomic E-state index is 3.60. The molecule has 1 N–H and O–H groups in total. The minimum absolute atomic E-state index is 0.708. The van der Waals surface area contributed by atoms with Crippen molar-refractivity contribution in [3.63, 3.8) is 0 Å². The van der Waals surface area contributed by atoms with Crippen LogP contribution in [0.5, 0.6) is 0 Å². The normalized spacial score (nSPS) is 24.3. The first-order chi connectivity index (χ1) is 9.79. The molecule has 2 fully saturated rings. The van der Waals surface area contributed by atoms with Crippen molar-refractivity contribution in [1.29, 1.82) is 0 Å². The quantitative estimate of drug-likeness (QED) is 0.690. The van der Waals surface area contributed by atoms with Crippen LogP contribution in [0.3, 0.4) is 0 Å². The third kappa shape index (κ3) is 5.34. The van der Waals surface area contributed by atoms with Crippen LogP contribution >= 0.6 is 0 Å². The summed E-state index contributed by atoms with van der Waals surface area (Å²) < 4.78 is 0. The molecule has 0 aromatic carbocycles. The average Bonchev–Trinajstić information content (AvgIpc) is 2.97. The lowest BCUT2D eigenvalue weighted by molar-refractivity contribution is 0.121. The van der Waals surface area contributed by atoms with Crippen molar-refractivity contribution in [3.8, 4) is 0 Å². The van der Waals surface area contributed by atoms with Crippen LogP contribution in [0.25, 0.3) is 0 Å². The molecular weight excluding hydrogens is 246 g/mol. The standard InChI is InChI=1S/C17H35N3/c1-3-4-9-18-14-16(2)20-12-7-17(8-13-20)15-19-10-5-6-11-19/h16-18H,3-15H2,1-2H3. The monoisotopic (exact) mass is 281 g/mol. The van der Waals surface area contributed by atoms with E-state index in [4.69, 9.17) is 0 Å². The van der Waals surface area contributed by atoms with Crippen molar-refractivity contribution >= 4 is 0 Å². The van der Waals surface area contributed by atoms with Crippen molar-refractivity contribution in [2.45, 2.75) is 58.4 Å². The predicted molar refractivity (Wildman–Crippen MR) is 87.2 cm³/mol. The highest BCUT2D eigenvalue weighted by atomic mass is 15.2. The van der Waals surface area contributed by atoms with Crippen molar-refractivity contribution in [2.75, 3.05) is 45.8 Å². The molecule has 1 atom stereocenters. The van der Waals surface area contributed by atoms with Gasteiger partial charge in [-0.25, -0.2) is 0 Å². The number of hydrogen-bond acceptors (Lipinski definition) is 3. The van der Waals surface area contributed by atoms with Gasteiger partial charge in [0.1, 0.15) is 0 Å². The second-order valence-corrected chi connectivity index (χ2v) is 6.89. The van der Waals surface area contributed by atoms with Gasteiger partial charge >= 0.3 is 0 Å². The number of likely N-dealkylation sites (tertiary alicyclic amines) is 2. The van der Waals surface area contributed by atoms with Gasteiger partial charge in [-0.1, -0.05) is 13.3 Å². The van der Waals surface area contributed by atoms with E-state index in [-0.39, 0.29) is 0 Å². The van der Waals surface area contributed by atoms with Gasteiger partial charge in [-0.05, 0) is 77.7 Å². The summed E-state index contributed by atoms with van der Waals surface area (Å²) in [5, 5.41) is 3.60. The Balaban J connectivity index is 1.58. The minimum atomic E-state index is 0.708. The van der Waals surface area contributed by atoms with Crippen molar-refractivity contribution in [2.24, 2.45) is 5.92 Å². The number of nitrogens with one attached hydrogen (secondary N) is 1. The van der Waals surface area contributed by atoms with Crippen molar-refractivity contribution in [1.82, 2.24) is 15.1 Å². The molecule has 1 unspecified atom stereocenters. The molecule has 0 saturated carbocycles. The Hall–Kier alpha value is -0.120. The van der Waals surface area contributed by atoms with E-state index in [1.807, 2.05) is 0 Å². The number of piperidine rings is 1. The molecule has 0 spiro atoms. The van der Waals surface area contributed by atoms with Crippen LogP contribution in [0.1, 0.15) is 52.4 Å². The van der Waals surface area contributed by atoms with Gasteiger partial charge in [0, 0.05) is 19.1 Å². The van der Waals surface area contributed by atoms with Crippen LogP contribution in [0.2, 0.25) is 0 Å². The molecule has 0 radical (unpaired) electrons. The first-order valence-corrected chi connectivity index (χ1v) is 8.96. The van der Waals surface area contributed by atoms with E-state index in [0.717, 1.165) is 12.5 Å². The van der Waals surface area contributed by atoms with Crippen LogP contribution in [0.15, 0.2) is 0 Å². The largest absolute Gasteiger partial charge is 0.315 e. The van der Waals surface area contributed by atoms with Crippen molar-refractivity contribution < 1.29 is 0 Å². The van der Waals surface area contributed by atoms with Gasteiger partial charge in [0.25, 0.3) is 0 Å². The Labute approximate surface area is 126 Å². The fraction of sp³-hybridized carbons (Fsp3) is 1.00. The van der Waals surface area contributed by atoms with Crippen LogP contribution in [0.4, 0.5) is 0 Å². The van der Waals surface area contributed by atoms with Crippen LogP contribution in [0, 0.1) is 5.92 Å². The molecule has 2 aliphatic rings. The van der Waals surface area contributed by atoms with E-state index in [9.17, 15) is 0 Å². The molecule has 0 aromatic heterocycles. The molecule has 3 nitrogen and oxygen atoms in total. The number of rotatable bonds is 8. The first kappa shape index (κ1) is 16.3. The first-order valence-electron chi connectivity index (χ1n) is 8.96. The van der Waals surface area contributed by atoms with Crippen LogP contribution in [-0.4, -0.2) is 61.7 Å².